The van der Waals surface area contributed by atoms with Crippen LogP contribution < -0.4 is 0 Å². The first-order valence-corrected chi connectivity index (χ1v) is 12.2. The van der Waals surface area contributed by atoms with E-state index in [1.807, 2.05) is 0 Å². The molecule has 22 heavy (non-hydrogen) atoms. The summed E-state index contributed by atoms with van der Waals surface area (Å²) in [7, 11) is -2.05. The Bertz CT molecular complexity index is 277. The summed E-state index contributed by atoms with van der Waals surface area (Å²) < 4.78 is 12.3. The third kappa shape index (κ3) is 5.33. The fraction of sp³-hybridized carbons (Fsp3) is 1.00. The maximum atomic E-state index is 6.16. The van der Waals surface area contributed by atoms with E-state index in [4.69, 9.17) is 8.85 Å². The molecule has 2 fully saturated rings. The maximum absolute atomic E-state index is 6.16. The highest BCUT2D eigenvalue weighted by atomic mass is 28.4. The second-order valence-electron chi connectivity index (χ2n) is 7.26. The minimum Gasteiger partial charge on any atom is -0.394 e. The van der Waals surface area contributed by atoms with Gasteiger partial charge in [-0.2, -0.15) is 0 Å². The lowest BCUT2D eigenvalue weighted by Gasteiger charge is -2.44. The smallest absolute Gasteiger partial charge is 0.349 e. The molecule has 0 bridgehead atoms. The summed E-state index contributed by atoms with van der Waals surface area (Å²) in [5, 5.41) is 0. The van der Waals surface area contributed by atoms with Gasteiger partial charge >= 0.3 is 8.56 Å². The fourth-order valence-electron chi connectivity index (χ4n) is 4.46. The third-order valence-electron chi connectivity index (χ3n) is 5.46. The predicted octanol–water partition coefficient (Wildman–Crippen LogP) is 4.64. The van der Waals surface area contributed by atoms with Gasteiger partial charge in [0.2, 0.25) is 0 Å². The molecule has 2 aliphatic carbocycles. The van der Waals surface area contributed by atoms with Crippen molar-refractivity contribution < 1.29 is 8.85 Å². The van der Waals surface area contributed by atoms with Gasteiger partial charge in [0, 0.05) is 31.5 Å². The van der Waals surface area contributed by atoms with Crippen LogP contribution in [0.1, 0.15) is 78.1 Å². The van der Waals surface area contributed by atoms with E-state index in [-0.39, 0.29) is 0 Å². The Balaban J connectivity index is 2.07. The van der Waals surface area contributed by atoms with Gasteiger partial charge in [0.05, 0.1) is 0 Å². The average molecular weight is 328 g/mol. The third-order valence-corrected chi connectivity index (χ3v) is 8.19. The standard InChI is InChI=1S/C18H37NO2Si/c1-4-20-22(3,21-5-2)16-19(17-12-8-6-9-13-17)18-14-10-7-11-15-18/h17-18H,4-16H2,1-3H3. The van der Waals surface area contributed by atoms with E-state index < -0.39 is 8.56 Å². The molecule has 2 aliphatic rings. The molecule has 0 radical (unpaired) electrons. The lowest BCUT2D eigenvalue weighted by Crippen LogP contribution is -2.56. The van der Waals surface area contributed by atoms with Crippen molar-refractivity contribution in [2.75, 3.05) is 19.4 Å². The van der Waals surface area contributed by atoms with Crippen LogP contribution in [0.3, 0.4) is 0 Å². The van der Waals surface area contributed by atoms with Crippen molar-refractivity contribution in [3.63, 3.8) is 0 Å². The Hall–Kier alpha value is 0.0969. The Morgan fingerprint density at radius 2 is 1.18 bits per heavy atom. The molecule has 0 aromatic carbocycles. The molecular formula is C18H37NO2Si. The topological polar surface area (TPSA) is 21.7 Å². The molecule has 0 heterocycles. The van der Waals surface area contributed by atoms with E-state index in [0.29, 0.717) is 0 Å². The van der Waals surface area contributed by atoms with Crippen LogP contribution in [0, 0.1) is 0 Å². The summed E-state index contributed by atoms with van der Waals surface area (Å²) in [6, 6.07) is 1.56. The summed E-state index contributed by atoms with van der Waals surface area (Å²) in [5.41, 5.74) is 0. The highest BCUT2D eigenvalue weighted by molar-refractivity contribution is 6.66. The van der Waals surface area contributed by atoms with Crippen LogP contribution in [-0.2, 0) is 8.85 Å². The maximum Gasteiger partial charge on any atom is 0.349 e. The average Bonchev–Trinajstić information content (AvgIpc) is 2.55. The van der Waals surface area contributed by atoms with E-state index in [9.17, 15) is 0 Å². The number of hydrogen-bond acceptors (Lipinski definition) is 3. The summed E-state index contributed by atoms with van der Waals surface area (Å²) >= 11 is 0. The molecule has 0 spiro atoms. The first kappa shape index (κ1) is 18.4. The Kier molecular flexibility index (Phi) is 7.88. The minimum atomic E-state index is -2.05. The Labute approximate surface area is 139 Å². The van der Waals surface area contributed by atoms with Gasteiger partial charge < -0.3 is 8.85 Å². The quantitative estimate of drug-likeness (QED) is 0.606. The van der Waals surface area contributed by atoms with Crippen LogP contribution in [0.15, 0.2) is 0 Å². The highest BCUT2D eigenvalue weighted by Crippen LogP contribution is 2.31. The van der Waals surface area contributed by atoms with Crippen molar-refractivity contribution in [1.82, 2.24) is 4.90 Å². The monoisotopic (exact) mass is 327 g/mol. The van der Waals surface area contributed by atoms with Gasteiger partial charge in [-0.15, -0.1) is 0 Å². The zero-order chi connectivity index (χ0) is 15.8. The molecule has 2 saturated carbocycles. The van der Waals surface area contributed by atoms with Crippen LogP contribution in [0.4, 0.5) is 0 Å². The normalized spacial score (nSPS) is 22.4. The second kappa shape index (κ2) is 9.41. The van der Waals surface area contributed by atoms with Gasteiger partial charge in [-0.1, -0.05) is 38.5 Å². The number of nitrogens with zero attached hydrogens (tertiary/aromatic N) is 1. The van der Waals surface area contributed by atoms with Crippen molar-refractivity contribution >= 4 is 8.56 Å². The van der Waals surface area contributed by atoms with Crippen molar-refractivity contribution in [3.8, 4) is 0 Å². The molecule has 0 amide bonds. The molecule has 3 nitrogen and oxygen atoms in total. The van der Waals surface area contributed by atoms with Crippen LogP contribution in [-0.4, -0.2) is 44.9 Å². The van der Waals surface area contributed by atoms with E-state index in [2.05, 4.69) is 25.3 Å². The minimum absolute atomic E-state index is 0.782. The van der Waals surface area contributed by atoms with Gasteiger partial charge in [0.25, 0.3) is 0 Å². The largest absolute Gasteiger partial charge is 0.394 e. The van der Waals surface area contributed by atoms with E-state index in [1.165, 1.54) is 64.2 Å². The van der Waals surface area contributed by atoms with Gasteiger partial charge in [0.1, 0.15) is 0 Å². The molecule has 0 aliphatic heterocycles. The Morgan fingerprint density at radius 3 is 1.55 bits per heavy atom. The molecule has 4 heteroatoms. The van der Waals surface area contributed by atoms with Gasteiger partial charge in [-0.05, 0) is 46.1 Å². The molecule has 0 atom stereocenters. The fourth-order valence-corrected chi connectivity index (χ4v) is 7.12. The van der Waals surface area contributed by atoms with E-state index in [1.54, 1.807) is 0 Å². The zero-order valence-corrected chi connectivity index (χ0v) is 16.1. The van der Waals surface area contributed by atoms with E-state index >= 15 is 0 Å². The molecule has 0 unspecified atom stereocenters. The summed E-state index contributed by atoms with van der Waals surface area (Å²) in [6.45, 7) is 8.06. The van der Waals surface area contributed by atoms with Crippen LogP contribution in [0.25, 0.3) is 0 Å². The van der Waals surface area contributed by atoms with Crippen LogP contribution in [0.5, 0.6) is 0 Å². The molecule has 0 aromatic heterocycles. The highest BCUT2D eigenvalue weighted by Gasteiger charge is 2.39. The van der Waals surface area contributed by atoms with Crippen molar-refractivity contribution in [1.29, 1.82) is 0 Å². The first-order chi connectivity index (χ1) is 10.7. The summed E-state index contributed by atoms with van der Waals surface area (Å²) in [4.78, 5) is 2.84. The van der Waals surface area contributed by atoms with Crippen molar-refractivity contribution in [2.45, 2.75) is 96.7 Å². The summed E-state index contributed by atoms with van der Waals surface area (Å²) in [6.07, 6.45) is 15.1. The lowest BCUT2D eigenvalue weighted by molar-refractivity contribution is 0.0760. The first-order valence-electron chi connectivity index (χ1n) is 9.72. The Morgan fingerprint density at radius 1 is 0.773 bits per heavy atom. The van der Waals surface area contributed by atoms with Gasteiger partial charge in [-0.25, -0.2) is 0 Å². The lowest BCUT2D eigenvalue weighted by atomic mass is 9.89. The van der Waals surface area contributed by atoms with Crippen molar-refractivity contribution in [2.24, 2.45) is 0 Å². The van der Waals surface area contributed by atoms with Crippen LogP contribution >= 0.6 is 0 Å². The van der Waals surface area contributed by atoms with E-state index in [0.717, 1.165) is 31.5 Å². The molecule has 130 valence electrons. The number of rotatable bonds is 8. The van der Waals surface area contributed by atoms with Gasteiger partial charge in [0.15, 0.2) is 0 Å². The SMILES string of the molecule is CCO[Si](C)(CN(C1CCCCC1)C1CCCCC1)OCC. The predicted molar refractivity (Wildman–Crippen MR) is 95.3 cm³/mol. The number of hydrogen-bond donors (Lipinski definition) is 0. The van der Waals surface area contributed by atoms with Crippen LogP contribution in [0.2, 0.25) is 6.55 Å². The molecular weight excluding hydrogens is 290 g/mol. The van der Waals surface area contributed by atoms with Crippen molar-refractivity contribution in [3.05, 3.63) is 0 Å². The second-order valence-corrected chi connectivity index (χ2v) is 10.4. The molecule has 0 saturated heterocycles. The molecule has 2 rings (SSSR count). The summed E-state index contributed by atoms with van der Waals surface area (Å²) in [5.74, 6) is 0. The molecule has 0 N–H and O–H groups in total. The zero-order valence-electron chi connectivity index (χ0n) is 15.1. The molecule has 0 aromatic rings. The van der Waals surface area contributed by atoms with Gasteiger partial charge in [-0.3, -0.25) is 4.90 Å².